The lowest BCUT2D eigenvalue weighted by Gasteiger charge is -2.34. The van der Waals surface area contributed by atoms with Crippen molar-refractivity contribution in [2.75, 3.05) is 11.9 Å². The fourth-order valence-corrected chi connectivity index (χ4v) is 5.12. The molecule has 31 heavy (non-hydrogen) atoms. The molecule has 6 nitrogen and oxygen atoms in total. The smallest absolute Gasteiger partial charge is 0.270 e. The van der Waals surface area contributed by atoms with Crippen molar-refractivity contribution in [1.82, 2.24) is 9.88 Å². The van der Waals surface area contributed by atoms with Crippen LogP contribution in [0.15, 0.2) is 77.6 Å². The van der Waals surface area contributed by atoms with E-state index < -0.39 is 5.41 Å². The van der Waals surface area contributed by atoms with Gasteiger partial charge in [0.1, 0.15) is 5.69 Å². The first kappa shape index (κ1) is 19.3. The van der Waals surface area contributed by atoms with Gasteiger partial charge < -0.3 is 15.2 Å². The van der Waals surface area contributed by atoms with Gasteiger partial charge in [0.25, 0.3) is 5.91 Å². The number of H-pyrrole nitrogens is 1. The molecular formula is C25H23N3O3. The van der Waals surface area contributed by atoms with E-state index in [4.69, 9.17) is 0 Å². The number of pyridine rings is 1. The van der Waals surface area contributed by atoms with Crippen LogP contribution in [0.1, 0.15) is 34.5 Å². The Bertz CT molecular complexity index is 1200. The van der Waals surface area contributed by atoms with E-state index in [9.17, 15) is 14.4 Å². The van der Waals surface area contributed by atoms with E-state index in [-0.39, 0.29) is 29.1 Å². The van der Waals surface area contributed by atoms with E-state index in [0.29, 0.717) is 19.4 Å². The second-order valence-electron chi connectivity index (χ2n) is 8.19. The van der Waals surface area contributed by atoms with Crippen LogP contribution in [0, 0.1) is 0 Å². The van der Waals surface area contributed by atoms with Crippen LogP contribution in [0.25, 0.3) is 0 Å². The maximum Gasteiger partial charge on any atom is 0.270 e. The SMILES string of the molecule is O=C(c1cccc(=O)[nH]1)N1CC[C@]2(C(=O)Nc3ccccc32)[C@@H]1CCc1ccccc1. The van der Waals surface area contributed by atoms with Gasteiger partial charge in [-0.05, 0) is 42.5 Å². The Morgan fingerprint density at radius 2 is 1.74 bits per heavy atom. The highest BCUT2D eigenvalue weighted by atomic mass is 16.2. The Kier molecular flexibility index (Phi) is 4.70. The molecule has 156 valence electrons. The molecule has 6 heteroatoms. The Balaban J connectivity index is 1.55. The van der Waals surface area contributed by atoms with E-state index in [0.717, 1.165) is 23.2 Å². The maximum atomic E-state index is 13.4. The number of aromatic nitrogens is 1. The molecule has 3 aromatic rings. The first-order chi connectivity index (χ1) is 15.1. The van der Waals surface area contributed by atoms with Crippen LogP contribution in [-0.2, 0) is 16.6 Å². The minimum Gasteiger partial charge on any atom is -0.333 e. The molecule has 0 bridgehead atoms. The first-order valence-electron chi connectivity index (χ1n) is 10.5. The van der Waals surface area contributed by atoms with Crippen molar-refractivity contribution < 1.29 is 9.59 Å². The standard InChI is InChI=1S/C25H23N3O3/c29-22-12-6-11-20(26-22)23(30)28-16-15-25(18-9-4-5-10-19(18)27-24(25)31)21(28)14-13-17-7-2-1-3-8-17/h1-12,21H,13-16H2,(H,26,29)(H,27,31)/t21-,25+/m0/s1. The van der Waals surface area contributed by atoms with Crippen LogP contribution in [0.2, 0.25) is 0 Å². The molecule has 3 heterocycles. The summed E-state index contributed by atoms with van der Waals surface area (Å²) in [5.41, 5.74) is 2.09. The molecule has 2 N–H and O–H groups in total. The molecule has 2 aliphatic heterocycles. The molecule has 1 fully saturated rings. The van der Waals surface area contributed by atoms with Crippen LogP contribution < -0.4 is 10.9 Å². The van der Waals surface area contributed by atoms with Crippen LogP contribution in [-0.4, -0.2) is 34.3 Å². The van der Waals surface area contributed by atoms with E-state index in [1.807, 2.05) is 42.5 Å². The molecule has 2 amide bonds. The number of benzene rings is 2. The minimum atomic E-state index is -0.782. The van der Waals surface area contributed by atoms with Gasteiger partial charge >= 0.3 is 0 Å². The summed E-state index contributed by atoms with van der Waals surface area (Å²) in [5.74, 6) is -0.298. The van der Waals surface area contributed by atoms with Gasteiger partial charge in [0.15, 0.2) is 0 Å². The number of likely N-dealkylation sites (tertiary alicyclic amines) is 1. The van der Waals surface area contributed by atoms with Crippen molar-refractivity contribution in [2.24, 2.45) is 0 Å². The Morgan fingerprint density at radius 3 is 2.55 bits per heavy atom. The van der Waals surface area contributed by atoms with E-state index in [1.165, 1.54) is 6.07 Å². The molecule has 2 atom stereocenters. The first-order valence-corrected chi connectivity index (χ1v) is 10.5. The van der Waals surface area contributed by atoms with Gasteiger partial charge in [-0.25, -0.2) is 0 Å². The van der Waals surface area contributed by atoms with Gasteiger partial charge in [0.2, 0.25) is 11.5 Å². The average molecular weight is 413 g/mol. The predicted molar refractivity (Wildman–Crippen MR) is 118 cm³/mol. The number of fused-ring (bicyclic) bond motifs is 2. The van der Waals surface area contributed by atoms with Crippen LogP contribution in [0.5, 0.6) is 0 Å². The van der Waals surface area contributed by atoms with Crippen LogP contribution >= 0.6 is 0 Å². The number of amides is 2. The third-order valence-electron chi connectivity index (χ3n) is 6.56. The molecule has 1 saturated heterocycles. The monoisotopic (exact) mass is 413 g/mol. The van der Waals surface area contributed by atoms with Crippen molar-refractivity contribution in [2.45, 2.75) is 30.7 Å². The topological polar surface area (TPSA) is 82.3 Å². The molecule has 1 aromatic heterocycles. The second-order valence-corrected chi connectivity index (χ2v) is 8.19. The number of carbonyl (C=O) groups excluding carboxylic acids is 2. The van der Waals surface area contributed by atoms with Crippen molar-refractivity contribution in [3.8, 4) is 0 Å². The third-order valence-corrected chi connectivity index (χ3v) is 6.56. The summed E-state index contributed by atoms with van der Waals surface area (Å²) in [6.45, 7) is 0.455. The summed E-state index contributed by atoms with van der Waals surface area (Å²) in [5, 5.41) is 3.03. The summed E-state index contributed by atoms with van der Waals surface area (Å²) < 4.78 is 0. The van der Waals surface area contributed by atoms with E-state index >= 15 is 0 Å². The number of rotatable bonds is 4. The fraction of sp³-hybridized carbons (Fsp3) is 0.240. The summed E-state index contributed by atoms with van der Waals surface area (Å²) in [4.78, 5) is 42.9. The molecule has 2 aromatic carbocycles. The number of carbonyl (C=O) groups is 2. The Labute approximate surface area is 179 Å². The van der Waals surface area contributed by atoms with Crippen molar-refractivity contribution >= 4 is 17.5 Å². The largest absolute Gasteiger partial charge is 0.333 e. The zero-order valence-corrected chi connectivity index (χ0v) is 17.0. The zero-order chi connectivity index (χ0) is 21.4. The number of nitrogens with zero attached hydrogens (tertiary/aromatic N) is 1. The highest BCUT2D eigenvalue weighted by molar-refractivity contribution is 6.08. The number of hydrogen-bond donors (Lipinski definition) is 2. The molecule has 0 unspecified atom stereocenters. The molecule has 0 radical (unpaired) electrons. The molecule has 5 rings (SSSR count). The third kappa shape index (κ3) is 3.15. The average Bonchev–Trinajstić information content (AvgIpc) is 3.31. The summed E-state index contributed by atoms with van der Waals surface area (Å²) in [6, 6.07) is 22.1. The predicted octanol–water partition coefficient (Wildman–Crippen LogP) is 3.11. The molecular weight excluding hydrogens is 390 g/mol. The van der Waals surface area contributed by atoms with Crippen LogP contribution in [0.4, 0.5) is 5.69 Å². The minimum absolute atomic E-state index is 0.0522. The molecule has 2 aliphatic rings. The summed E-state index contributed by atoms with van der Waals surface area (Å²) in [7, 11) is 0. The quantitative estimate of drug-likeness (QED) is 0.690. The lowest BCUT2D eigenvalue weighted by atomic mass is 9.73. The summed E-state index contributed by atoms with van der Waals surface area (Å²) >= 11 is 0. The van der Waals surface area contributed by atoms with Gasteiger partial charge in [0, 0.05) is 18.3 Å². The highest BCUT2D eigenvalue weighted by Crippen LogP contribution is 2.49. The number of aromatic amines is 1. The van der Waals surface area contributed by atoms with Gasteiger partial charge in [-0.3, -0.25) is 14.4 Å². The number of anilines is 1. The number of para-hydroxylation sites is 1. The number of aryl methyl sites for hydroxylation is 1. The fourth-order valence-electron chi connectivity index (χ4n) is 5.12. The lowest BCUT2D eigenvalue weighted by Crippen LogP contribution is -2.49. The number of nitrogens with one attached hydrogen (secondary N) is 2. The van der Waals surface area contributed by atoms with Crippen molar-refractivity contribution in [3.05, 3.63) is 100.0 Å². The number of hydrogen-bond acceptors (Lipinski definition) is 3. The second kappa shape index (κ2) is 7.54. The molecule has 0 aliphatic carbocycles. The van der Waals surface area contributed by atoms with Crippen molar-refractivity contribution in [1.29, 1.82) is 0 Å². The van der Waals surface area contributed by atoms with Crippen molar-refractivity contribution in [3.63, 3.8) is 0 Å². The van der Waals surface area contributed by atoms with Gasteiger partial charge in [0.05, 0.1) is 11.5 Å². The highest BCUT2D eigenvalue weighted by Gasteiger charge is 2.58. The zero-order valence-electron chi connectivity index (χ0n) is 17.0. The summed E-state index contributed by atoms with van der Waals surface area (Å²) in [6.07, 6.45) is 1.95. The van der Waals surface area contributed by atoms with Gasteiger partial charge in [-0.15, -0.1) is 0 Å². The van der Waals surface area contributed by atoms with Crippen LogP contribution in [0.3, 0.4) is 0 Å². The molecule has 1 spiro atoms. The Morgan fingerprint density at radius 1 is 0.968 bits per heavy atom. The Hall–Kier alpha value is -3.67. The normalized spacial score (nSPS) is 21.9. The van der Waals surface area contributed by atoms with Gasteiger partial charge in [-0.1, -0.05) is 54.6 Å². The van der Waals surface area contributed by atoms with Gasteiger partial charge in [-0.2, -0.15) is 0 Å². The molecule has 0 saturated carbocycles. The maximum absolute atomic E-state index is 13.4. The van der Waals surface area contributed by atoms with E-state index in [2.05, 4.69) is 22.4 Å². The van der Waals surface area contributed by atoms with E-state index in [1.54, 1.807) is 17.0 Å². The lowest BCUT2D eigenvalue weighted by molar-refractivity contribution is -0.121.